The molecule has 1 heterocycles. The molecule has 1 aromatic heterocycles. The summed E-state index contributed by atoms with van der Waals surface area (Å²) in [5.74, 6) is 1.47. The summed E-state index contributed by atoms with van der Waals surface area (Å²) < 4.78 is 5.64. The molecular formula is C16H21ClN2OS. The number of hydrogen-bond acceptors (Lipinski definition) is 4. The standard InChI is InChI=1S/C16H21ClN2OS/c1-10(2)8-18-9-13-14(17)6-5-7-15(13)21-16-19-11(3)12(4)20-16/h5-7,10,18H,8-9H2,1-4H3. The lowest BCUT2D eigenvalue weighted by Gasteiger charge is -2.12. The minimum absolute atomic E-state index is 0.612. The van der Waals surface area contributed by atoms with E-state index < -0.39 is 0 Å². The van der Waals surface area contributed by atoms with Crippen molar-refractivity contribution >= 4 is 23.4 Å². The largest absolute Gasteiger partial charge is 0.436 e. The van der Waals surface area contributed by atoms with Crippen molar-refractivity contribution in [1.29, 1.82) is 0 Å². The van der Waals surface area contributed by atoms with Crippen LogP contribution in [0.1, 0.15) is 30.9 Å². The van der Waals surface area contributed by atoms with Crippen LogP contribution in [0.3, 0.4) is 0 Å². The predicted octanol–water partition coefficient (Wildman–Crippen LogP) is 4.84. The van der Waals surface area contributed by atoms with E-state index >= 15 is 0 Å². The Bertz CT molecular complexity index is 591. The van der Waals surface area contributed by atoms with Gasteiger partial charge in [0.25, 0.3) is 5.22 Å². The SMILES string of the molecule is Cc1nc(Sc2cccc(Cl)c2CNCC(C)C)oc1C. The third kappa shape index (κ3) is 4.50. The van der Waals surface area contributed by atoms with Gasteiger partial charge in [-0.3, -0.25) is 0 Å². The number of halogens is 1. The van der Waals surface area contributed by atoms with Gasteiger partial charge in [0.15, 0.2) is 0 Å². The summed E-state index contributed by atoms with van der Waals surface area (Å²) in [5, 5.41) is 4.87. The summed E-state index contributed by atoms with van der Waals surface area (Å²) in [6.45, 7) is 9.97. The summed E-state index contributed by atoms with van der Waals surface area (Å²) in [4.78, 5) is 5.50. The highest BCUT2D eigenvalue weighted by molar-refractivity contribution is 7.99. The van der Waals surface area contributed by atoms with E-state index in [4.69, 9.17) is 16.0 Å². The molecule has 0 saturated carbocycles. The van der Waals surface area contributed by atoms with E-state index in [2.05, 4.69) is 30.2 Å². The summed E-state index contributed by atoms with van der Waals surface area (Å²) >= 11 is 7.86. The molecular weight excluding hydrogens is 304 g/mol. The maximum absolute atomic E-state index is 6.34. The topological polar surface area (TPSA) is 38.1 Å². The van der Waals surface area contributed by atoms with Crippen LogP contribution >= 0.6 is 23.4 Å². The van der Waals surface area contributed by atoms with Crippen LogP contribution < -0.4 is 5.32 Å². The number of rotatable bonds is 6. The van der Waals surface area contributed by atoms with Gasteiger partial charge in [0.05, 0.1) is 5.69 Å². The summed E-state index contributed by atoms with van der Waals surface area (Å²) in [5.41, 5.74) is 2.03. The molecule has 0 radical (unpaired) electrons. The van der Waals surface area contributed by atoms with Crippen LogP contribution in [0.15, 0.2) is 32.7 Å². The molecule has 0 aliphatic heterocycles. The fourth-order valence-electron chi connectivity index (χ4n) is 1.87. The zero-order valence-electron chi connectivity index (χ0n) is 12.9. The highest BCUT2D eigenvalue weighted by atomic mass is 35.5. The maximum Gasteiger partial charge on any atom is 0.261 e. The first-order valence-corrected chi connectivity index (χ1v) is 8.26. The van der Waals surface area contributed by atoms with Crippen molar-refractivity contribution in [3.05, 3.63) is 40.2 Å². The predicted molar refractivity (Wildman–Crippen MR) is 88.1 cm³/mol. The van der Waals surface area contributed by atoms with E-state index in [0.717, 1.165) is 40.0 Å². The Morgan fingerprint density at radius 2 is 2.10 bits per heavy atom. The number of nitrogens with one attached hydrogen (secondary N) is 1. The number of benzene rings is 1. The molecule has 0 aliphatic carbocycles. The van der Waals surface area contributed by atoms with Gasteiger partial charge in [-0.2, -0.15) is 0 Å². The monoisotopic (exact) mass is 324 g/mol. The molecule has 1 aromatic carbocycles. The molecule has 5 heteroatoms. The lowest BCUT2D eigenvalue weighted by Crippen LogP contribution is -2.19. The molecule has 1 N–H and O–H groups in total. The van der Waals surface area contributed by atoms with E-state index in [1.807, 2.05) is 26.0 Å². The number of hydrogen-bond donors (Lipinski definition) is 1. The number of nitrogens with zero attached hydrogens (tertiary/aromatic N) is 1. The maximum atomic E-state index is 6.34. The number of aromatic nitrogens is 1. The van der Waals surface area contributed by atoms with Crippen molar-refractivity contribution in [2.24, 2.45) is 5.92 Å². The van der Waals surface area contributed by atoms with Gasteiger partial charge in [0, 0.05) is 16.5 Å². The summed E-state index contributed by atoms with van der Waals surface area (Å²) in [6.07, 6.45) is 0. The fraction of sp³-hybridized carbons (Fsp3) is 0.438. The Hall–Kier alpha value is -0.970. The van der Waals surface area contributed by atoms with Crippen LogP contribution in [0.5, 0.6) is 0 Å². The van der Waals surface area contributed by atoms with Gasteiger partial charge >= 0.3 is 0 Å². The van der Waals surface area contributed by atoms with E-state index in [-0.39, 0.29) is 0 Å². The smallest absolute Gasteiger partial charge is 0.261 e. The second kappa shape index (κ2) is 7.34. The lowest BCUT2D eigenvalue weighted by molar-refractivity contribution is 0.431. The van der Waals surface area contributed by atoms with Crippen molar-refractivity contribution < 1.29 is 4.42 Å². The molecule has 0 aliphatic rings. The average Bonchev–Trinajstić information content (AvgIpc) is 2.71. The first-order valence-electron chi connectivity index (χ1n) is 7.07. The molecule has 3 nitrogen and oxygen atoms in total. The Morgan fingerprint density at radius 3 is 2.71 bits per heavy atom. The normalized spacial score (nSPS) is 11.3. The Kier molecular flexibility index (Phi) is 5.73. The Morgan fingerprint density at radius 1 is 1.33 bits per heavy atom. The first-order chi connectivity index (χ1) is 9.97. The van der Waals surface area contributed by atoms with Crippen LogP contribution in [0.2, 0.25) is 5.02 Å². The van der Waals surface area contributed by atoms with Crippen LogP contribution in [-0.4, -0.2) is 11.5 Å². The molecule has 0 fully saturated rings. The summed E-state index contributed by atoms with van der Waals surface area (Å²) in [7, 11) is 0. The quantitative estimate of drug-likeness (QED) is 0.825. The molecule has 0 amide bonds. The van der Waals surface area contributed by atoms with E-state index in [1.165, 1.54) is 11.8 Å². The molecule has 114 valence electrons. The van der Waals surface area contributed by atoms with Gasteiger partial charge in [0.1, 0.15) is 5.76 Å². The van der Waals surface area contributed by atoms with Crippen LogP contribution in [0, 0.1) is 19.8 Å². The fourth-order valence-corrected chi connectivity index (χ4v) is 3.16. The number of oxazole rings is 1. The molecule has 0 saturated heterocycles. The third-order valence-electron chi connectivity index (χ3n) is 3.14. The van der Waals surface area contributed by atoms with Gasteiger partial charge in [-0.25, -0.2) is 4.98 Å². The molecule has 0 spiro atoms. The second-order valence-electron chi connectivity index (χ2n) is 5.46. The van der Waals surface area contributed by atoms with E-state index in [1.54, 1.807) is 0 Å². The van der Waals surface area contributed by atoms with Gasteiger partial charge in [-0.1, -0.05) is 31.5 Å². The minimum atomic E-state index is 0.612. The van der Waals surface area contributed by atoms with E-state index in [9.17, 15) is 0 Å². The zero-order valence-corrected chi connectivity index (χ0v) is 14.4. The lowest BCUT2D eigenvalue weighted by atomic mass is 10.2. The molecule has 0 unspecified atom stereocenters. The van der Waals surface area contributed by atoms with E-state index in [0.29, 0.717) is 11.1 Å². The van der Waals surface area contributed by atoms with Crippen LogP contribution in [0.25, 0.3) is 0 Å². The number of aryl methyl sites for hydroxylation is 2. The summed E-state index contributed by atoms with van der Waals surface area (Å²) in [6, 6.07) is 5.93. The molecule has 2 rings (SSSR count). The Labute approximate surface area is 135 Å². The highest BCUT2D eigenvalue weighted by Crippen LogP contribution is 2.34. The van der Waals surface area contributed by atoms with Gasteiger partial charge in [-0.05, 0) is 55.8 Å². The highest BCUT2D eigenvalue weighted by Gasteiger charge is 2.13. The van der Waals surface area contributed by atoms with Crippen molar-refractivity contribution in [3.63, 3.8) is 0 Å². The van der Waals surface area contributed by atoms with Crippen molar-refractivity contribution in [2.75, 3.05) is 6.54 Å². The Balaban J connectivity index is 2.16. The first kappa shape index (κ1) is 16.4. The van der Waals surface area contributed by atoms with Crippen molar-refractivity contribution in [3.8, 4) is 0 Å². The molecule has 0 bridgehead atoms. The van der Waals surface area contributed by atoms with Crippen molar-refractivity contribution in [1.82, 2.24) is 10.3 Å². The molecule has 0 atom stereocenters. The van der Waals surface area contributed by atoms with Gasteiger partial charge < -0.3 is 9.73 Å². The molecule has 2 aromatic rings. The van der Waals surface area contributed by atoms with Crippen molar-refractivity contribution in [2.45, 2.75) is 44.4 Å². The van der Waals surface area contributed by atoms with Gasteiger partial charge in [0.2, 0.25) is 0 Å². The second-order valence-corrected chi connectivity index (χ2v) is 6.87. The third-order valence-corrected chi connectivity index (χ3v) is 4.44. The van der Waals surface area contributed by atoms with Gasteiger partial charge in [-0.15, -0.1) is 0 Å². The van der Waals surface area contributed by atoms with Crippen LogP contribution in [0.4, 0.5) is 0 Å². The average molecular weight is 325 g/mol. The van der Waals surface area contributed by atoms with Crippen LogP contribution in [-0.2, 0) is 6.54 Å². The zero-order chi connectivity index (χ0) is 15.4. The molecule has 21 heavy (non-hydrogen) atoms. The minimum Gasteiger partial charge on any atom is -0.436 e.